The normalized spacial score (nSPS) is 19.7. The fourth-order valence-electron chi connectivity index (χ4n) is 7.14. The fraction of sp³-hybridized carbons (Fsp3) is 0.529. The molecule has 6 nitrogen and oxygen atoms in total. The van der Waals surface area contributed by atoms with E-state index in [0.29, 0.717) is 22.6 Å². The minimum Gasteiger partial charge on any atom is -0.347 e. The predicted octanol–water partition coefficient (Wildman–Crippen LogP) is 7.22. The zero-order chi connectivity index (χ0) is 30.7. The van der Waals surface area contributed by atoms with Crippen molar-refractivity contribution in [1.29, 1.82) is 0 Å². The molecular formula is C34H44Cl2N4O2S. The number of nitrogens with zero attached hydrogens (tertiary/aromatic N) is 3. The van der Waals surface area contributed by atoms with E-state index in [1.807, 2.05) is 50.3 Å². The molecule has 0 saturated carbocycles. The molecule has 2 aliphatic heterocycles. The smallest absolute Gasteiger partial charge is 0.263 e. The first kappa shape index (κ1) is 32.2. The Morgan fingerprint density at radius 1 is 1.05 bits per heavy atom. The van der Waals surface area contributed by atoms with Crippen LogP contribution in [0.1, 0.15) is 71.7 Å². The number of piperidine rings is 2. The van der Waals surface area contributed by atoms with Crippen LogP contribution in [0, 0.1) is 6.92 Å². The van der Waals surface area contributed by atoms with Crippen LogP contribution in [-0.2, 0) is 4.79 Å². The number of thiophene rings is 1. The number of aryl methyl sites for hydroxylation is 1. The predicted molar refractivity (Wildman–Crippen MR) is 180 cm³/mol. The maximum absolute atomic E-state index is 13.7. The Labute approximate surface area is 270 Å². The summed E-state index contributed by atoms with van der Waals surface area (Å²) in [6.45, 7) is 5.31. The van der Waals surface area contributed by atoms with Gasteiger partial charge in [0.2, 0.25) is 5.91 Å². The van der Waals surface area contributed by atoms with E-state index in [1.165, 1.54) is 12.0 Å². The van der Waals surface area contributed by atoms with Crippen molar-refractivity contribution in [3.8, 4) is 0 Å². The van der Waals surface area contributed by atoms with Crippen molar-refractivity contribution < 1.29 is 9.59 Å². The molecule has 9 heteroatoms. The minimum atomic E-state index is -0.453. The molecule has 2 fully saturated rings. The van der Waals surface area contributed by atoms with E-state index < -0.39 is 5.54 Å². The molecule has 0 radical (unpaired) electrons. The van der Waals surface area contributed by atoms with E-state index in [0.717, 1.165) is 78.7 Å². The van der Waals surface area contributed by atoms with Crippen molar-refractivity contribution >= 4 is 56.4 Å². The summed E-state index contributed by atoms with van der Waals surface area (Å²) in [5, 5.41) is 5.64. The van der Waals surface area contributed by atoms with Gasteiger partial charge in [-0.25, -0.2) is 0 Å². The fourth-order valence-corrected chi connectivity index (χ4v) is 8.48. The Morgan fingerprint density at radius 3 is 2.53 bits per heavy atom. The first-order valence-electron chi connectivity index (χ1n) is 15.5. The SMILES string of the molecule is Cc1ccc2sc(C(=O)N(C)CC(CCC3CCCCN3C3(C(=O)N(C)C)CCNCC3)c3ccc(Cl)c(Cl)c3)cc2c1. The highest BCUT2D eigenvalue weighted by Crippen LogP contribution is 2.38. The molecule has 43 heavy (non-hydrogen) atoms. The monoisotopic (exact) mass is 642 g/mol. The van der Waals surface area contributed by atoms with Crippen LogP contribution < -0.4 is 5.32 Å². The molecule has 0 bridgehead atoms. The average Bonchev–Trinajstić information content (AvgIpc) is 3.43. The lowest BCUT2D eigenvalue weighted by atomic mass is 9.80. The summed E-state index contributed by atoms with van der Waals surface area (Å²) in [5.74, 6) is 0.344. The maximum atomic E-state index is 13.7. The highest BCUT2D eigenvalue weighted by atomic mass is 35.5. The Morgan fingerprint density at radius 2 is 1.81 bits per heavy atom. The molecule has 2 atom stereocenters. The number of likely N-dealkylation sites (tertiary alicyclic amines) is 1. The first-order chi connectivity index (χ1) is 20.6. The van der Waals surface area contributed by atoms with Crippen LogP contribution in [-0.4, -0.2) is 85.4 Å². The van der Waals surface area contributed by atoms with Crippen LogP contribution in [0.2, 0.25) is 10.0 Å². The van der Waals surface area contributed by atoms with Crippen LogP contribution >= 0.6 is 34.5 Å². The zero-order valence-electron chi connectivity index (χ0n) is 25.8. The van der Waals surface area contributed by atoms with Crippen molar-refractivity contribution in [1.82, 2.24) is 20.0 Å². The average molecular weight is 644 g/mol. The molecular weight excluding hydrogens is 599 g/mol. The Bertz CT molecular complexity index is 1450. The lowest BCUT2D eigenvalue weighted by molar-refractivity contribution is -0.148. The number of hydrogen-bond acceptors (Lipinski definition) is 5. The Hall–Kier alpha value is -2.16. The van der Waals surface area contributed by atoms with Crippen LogP contribution in [0.5, 0.6) is 0 Å². The molecule has 3 aromatic rings. The number of nitrogens with one attached hydrogen (secondary N) is 1. The molecule has 2 unspecified atom stereocenters. The summed E-state index contributed by atoms with van der Waals surface area (Å²) in [6, 6.07) is 14.5. The number of fused-ring (bicyclic) bond motifs is 1. The van der Waals surface area contributed by atoms with Gasteiger partial charge in [0.25, 0.3) is 5.91 Å². The van der Waals surface area contributed by atoms with Gasteiger partial charge in [-0.3, -0.25) is 14.5 Å². The van der Waals surface area contributed by atoms with Crippen molar-refractivity contribution in [2.24, 2.45) is 0 Å². The van der Waals surface area contributed by atoms with Crippen molar-refractivity contribution in [3.05, 3.63) is 68.5 Å². The first-order valence-corrected chi connectivity index (χ1v) is 17.1. The number of rotatable bonds is 9. The van der Waals surface area contributed by atoms with Gasteiger partial charge in [-0.1, -0.05) is 53.4 Å². The quantitative estimate of drug-likeness (QED) is 0.268. The summed E-state index contributed by atoms with van der Waals surface area (Å²) in [5.41, 5.74) is 1.82. The van der Waals surface area contributed by atoms with Gasteiger partial charge < -0.3 is 15.1 Å². The third-order valence-electron chi connectivity index (χ3n) is 9.40. The van der Waals surface area contributed by atoms with Gasteiger partial charge in [-0.15, -0.1) is 11.3 Å². The molecule has 5 rings (SSSR count). The standard InChI is InChI=1S/C34H44Cl2N4O2S/c1-23-8-13-30-26(19-23)21-31(43-30)32(41)39(4)22-25(24-10-12-28(35)29(36)20-24)9-11-27-7-5-6-18-40(27)34(33(42)38(2)3)14-16-37-17-15-34/h8,10,12-13,19-21,25,27,37H,5-7,9,11,14-18,22H2,1-4H3. The summed E-state index contributed by atoms with van der Waals surface area (Å²) in [7, 11) is 5.67. The van der Waals surface area contributed by atoms with Gasteiger partial charge in [-0.05, 0) is 100 Å². The third kappa shape index (κ3) is 7.07. The number of benzene rings is 2. The molecule has 2 aliphatic rings. The second kappa shape index (κ2) is 13.9. The summed E-state index contributed by atoms with van der Waals surface area (Å²) < 4.78 is 1.12. The number of carbonyl (C=O) groups is 2. The lowest BCUT2D eigenvalue weighted by Gasteiger charge is -2.51. The third-order valence-corrected chi connectivity index (χ3v) is 11.2. The molecule has 1 aromatic heterocycles. The van der Waals surface area contributed by atoms with Gasteiger partial charge in [0.15, 0.2) is 0 Å². The molecule has 2 aromatic carbocycles. The van der Waals surface area contributed by atoms with Crippen LogP contribution in [0.4, 0.5) is 0 Å². The number of hydrogen-bond donors (Lipinski definition) is 1. The number of amides is 2. The van der Waals surface area contributed by atoms with E-state index >= 15 is 0 Å². The topological polar surface area (TPSA) is 55.9 Å². The van der Waals surface area contributed by atoms with Gasteiger partial charge in [0.05, 0.1) is 14.9 Å². The second-order valence-corrected chi connectivity index (χ2v) is 14.5. The maximum Gasteiger partial charge on any atom is 0.263 e. The van der Waals surface area contributed by atoms with Crippen LogP contribution in [0.25, 0.3) is 10.1 Å². The molecule has 0 spiro atoms. The van der Waals surface area contributed by atoms with Crippen molar-refractivity contribution in [2.75, 3.05) is 47.3 Å². The van der Waals surface area contributed by atoms with E-state index in [4.69, 9.17) is 23.2 Å². The number of likely N-dealkylation sites (N-methyl/N-ethyl adjacent to an activating group) is 2. The molecule has 2 amide bonds. The Kier molecular flexibility index (Phi) is 10.4. The highest BCUT2D eigenvalue weighted by molar-refractivity contribution is 7.20. The molecule has 0 aliphatic carbocycles. The van der Waals surface area contributed by atoms with Gasteiger partial charge in [0.1, 0.15) is 5.54 Å². The van der Waals surface area contributed by atoms with Crippen molar-refractivity contribution in [2.45, 2.75) is 69.4 Å². The van der Waals surface area contributed by atoms with Crippen molar-refractivity contribution in [3.63, 3.8) is 0 Å². The lowest BCUT2D eigenvalue weighted by Crippen LogP contribution is -2.66. The molecule has 2 saturated heterocycles. The van der Waals surface area contributed by atoms with E-state index in [1.54, 1.807) is 16.2 Å². The second-order valence-electron chi connectivity index (χ2n) is 12.6. The van der Waals surface area contributed by atoms with E-state index in [2.05, 4.69) is 35.3 Å². The van der Waals surface area contributed by atoms with Gasteiger partial charge >= 0.3 is 0 Å². The Balaban J connectivity index is 1.38. The van der Waals surface area contributed by atoms with Gasteiger partial charge in [-0.2, -0.15) is 0 Å². The summed E-state index contributed by atoms with van der Waals surface area (Å²) in [4.78, 5) is 34.3. The summed E-state index contributed by atoms with van der Waals surface area (Å²) in [6.07, 6.45) is 6.88. The largest absolute Gasteiger partial charge is 0.347 e. The number of carbonyl (C=O) groups excluding carboxylic acids is 2. The highest BCUT2D eigenvalue weighted by Gasteiger charge is 2.48. The van der Waals surface area contributed by atoms with Gasteiger partial charge in [0, 0.05) is 44.3 Å². The van der Waals surface area contributed by atoms with E-state index in [9.17, 15) is 9.59 Å². The zero-order valence-corrected chi connectivity index (χ0v) is 28.1. The molecule has 232 valence electrons. The number of halogens is 2. The van der Waals surface area contributed by atoms with E-state index in [-0.39, 0.29) is 17.7 Å². The minimum absolute atomic E-state index is 0.0356. The van der Waals surface area contributed by atoms with Crippen LogP contribution in [0.3, 0.4) is 0 Å². The molecule has 1 N–H and O–H groups in total. The van der Waals surface area contributed by atoms with Crippen LogP contribution in [0.15, 0.2) is 42.5 Å². The summed E-state index contributed by atoms with van der Waals surface area (Å²) >= 11 is 14.4. The molecule has 3 heterocycles.